The highest BCUT2D eigenvalue weighted by atomic mass is 35.5. The first kappa shape index (κ1) is 24.7. The van der Waals surface area contributed by atoms with E-state index in [0.717, 1.165) is 10.6 Å². The van der Waals surface area contributed by atoms with Crippen LogP contribution in [0.15, 0.2) is 66.2 Å². The molecule has 12 heteroatoms. The Balaban J connectivity index is 1.43. The molecular formula is C25H21Cl2N7O3. The Labute approximate surface area is 221 Å². The van der Waals surface area contributed by atoms with Crippen LogP contribution >= 0.6 is 23.2 Å². The Kier molecular flexibility index (Phi) is 6.55. The lowest BCUT2D eigenvalue weighted by molar-refractivity contribution is -0.390. The number of rotatable bonds is 5. The van der Waals surface area contributed by atoms with E-state index in [1.165, 1.54) is 6.33 Å². The average molecular weight is 538 g/mol. The minimum absolute atomic E-state index is 0.164. The van der Waals surface area contributed by atoms with Crippen molar-refractivity contribution in [1.82, 2.24) is 24.2 Å². The molecule has 1 aromatic carbocycles. The smallest absolute Gasteiger partial charge is 0.358 e. The molecule has 0 radical (unpaired) electrons. The second-order valence-electron chi connectivity index (χ2n) is 8.51. The maximum atomic E-state index is 11.2. The molecule has 0 saturated carbocycles. The number of hydrogen-bond acceptors (Lipinski definition) is 7. The van der Waals surface area contributed by atoms with Gasteiger partial charge in [0.05, 0.1) is 39.4 Å². The molecule has 0 saturated heterocycles. The van der Waals surface area contributed by atoms with E-state index in [1.54, 1.807) is 71.0 Å². The van der Waals surface area contributed by atoms with Crippen LogP contribution in [0.4, 0.5) is 11.6 Å². The van der Waals surface area contributed by atoms with Crippen molar-refractivity contribution in [2.24, 2.45) is 12.0 Å². The molecule has 5 rings (SSSR count). The van der Waals surface area contributed by atoms with Gasteiger partial charge in [-0.25, -0.2) is 15.0 Å². The predicted molar refractivity (Wildman–Crippen MR) is 139 cm³/mol. The van der Waals surface area contributed by atoms with Gasteiger partial charge < -0.3 is 19.2 Å². The number of hydrogen-bond donors (Lipinski definition) is 1. The molecule has 1 aliphatic heterocycles. The van der Waals surface area contributed by atoms with E-state index in [1.807, 2.05) is 13.0 Å². The molecule has 1 N–H and O–H groups in total. The normalized spacial score (nSPS) is 14.8. The van der Waals surface area contributed by atoms with Gasteiger partial charge in [0.2, 0.25) is 6.33 Å². The zero-order valence-electron chi connectivity index (χ0n) is 19.8. The molecule has 188 valence electrons. The number of pyridine rings is 2. The van der Waals surface area contributed by atoms with Crippen LogP contribution in [0.5, 0.6) is 0 Å². The first-order valence-electron chi connectivity index (χ1n) is 11.2. The molecule has 0 spiro atoms. The molecule has 1 aliphatic rings. The number of hydroxylamine groups is 2. The van der Waals surface area contributed by atoms with Crippen LogP contribution in [0.1, 0.15) is 35.5 Å². The first-order valence-corrected chi connectivity index (χ1v) is 12.0. The molecular weight excluding hydrogens is 517 g/mol. The number of halogens is 2. The lowest BCUT2D eigenvalue weighted by Crippen LogP contribution is -2.26. The first-order chi connectivity index (χ1) is 17.7. The Bertz CT molecular complexity index is 1590. The molecule has 0 bridgehead atoms. The fourth-order valence-electron chi connectivity index (χ4n) is 4.17. The van der Waals surface area contributed by atoms with Crippen LogP contribution in [0.3, 0.4) is 0 Å². The lowest BCUT2D eigenvalue weighted by atomic mass is 9.98. The van der Waals surface area contributed by atoms with Gasteiger partial charge in [0.15, 0.2) is 5.82 Å². The fraction of sp³-hybridized carbons (Fsp3) is 0.160. The van der Waals surface area contributed by atoms with Gasteiger partial charge in [0, 0.05) is 30.6 Å². The van der Waals surface area contributed by atoms with E-state index in [0.29, 0.717) is 43.9 Å². The summed E-state index contributed by atoms with van der Waals surface area (Å²) < 4.78 is 3.44. The van der Waals surface area contributed by atoms with E-state index in [4.69, 9.17) is 23.2 Å². The second-order valence-corrected chi connectivity index (χ2v) is 9.33. The SMILES string of the molecule is CC1c2nc(N=c3ccn(Cc4c([N+](=O)[O-])ncn4C)cc3)ccc2C=C(c2c(Cl)cccc2Cl)N1O. The number of aromatic nitrogens is 4. The number of nitro groups is 1. The van der Waals surface area contributed by atoms with E-state index in [9.17, 15) is 15.3 Å². The summed E-state index contributed by atoms with van der Waals surface area (Å²) in [4.78, 5) is 23.8. The lowest BCUT2D eigenvalue weighted by Gasteiger charge is -2.32. The second kappa shape index (κ2) is 9.81. The van der Waals surface area contributed by atoms with Gasteiger partial charge in [-0.2, -0.15) is 0 Å². The molecule has 4 aromatic rings. The minimum atomic E-state index is -0.489. The number of benzene rings is 1. The van der Waals surface area contributed by atoms with Gasteiger partial charge in [-0.3, -0.25) is 5.21 Å². The topological polar surface area (TPSA) is 115 Å². The Morgan fingerprint density at radius 3 is 2.51 bits per heavy atom. The molecule has 4 heterocycles. The summed E-state index contributed by atoms with van der Waals surface area (Å²) in [5.41, 5.74) is 3.01. The van der Waals surface area contributed by atoms with Crippen molar-refractivity contribution < 1.29 is 10.1 Å². The maximum Gasteiger partial charge on any atom is 0.386 e. The quantitative estimate of drug-likeness (QED) is 0.270. The molecule has 0 aliphatic carbocycles. The molecule has 37 heavy (non-hydrogen) atoms. The van der Waals surface area contributed by atoms with Gasteiger partial charge in [0.25, 0.3) is 0 Å². The van der Waals surface area contributed by atoms with E-state index in [-0.39, 0.29) is 12.4 Å². The van der Waals surface area contributed by atoms with E-state index in [2.05, 4.69) is 15.0 Å². The van der Waals surface area contributed by atoms with Crippen LogP contribution in [-0.2, 0) is 13.6 Å². The van der Waals surface area contributed by atoms with Crippen molar-refractivity contribution >= 4 is 46.6 Å². The average Bonchev–Trinajstić information content (AvgIpc) is 3.23. The summed E-state index contributed by atoms with van der Waals surface area (Å²) in [7, 11) is 1.72. The Hall–Kier alpha value is -3.99. The molecule has 10 nitrogen and oxygen atoms in total. The highest BCUT2D eigenvalue weighted by Crippen LogP contribution is 2.41. The summed E-state index contributed by atoms with van der Waals surface area (Å²) in [5.74, 6) is 0.315. The standard InChI is InChI=1S/C25H21Cl2N7O3/c1-15-24-16(12-20(33(15)35)23-18(26)4-3-5-19(23)27)6-7-22(30-24)29-17-8-10-32(11-9-17)13-21-25(34(36)37)28-14-31(21)2/h3-12,14-15,35H,13H2,1-2H3. The van der Waals surface area contributed by atoms with Crippen LogP contribution in [0, 0.1) is 10.1 Å². The predicted octanol–water partition coefficient (Wildman–Crippen LogP) is 5.38. The van der Waals surface area contributed by atoms with Crippen molar-refractivity contribution in [2.45, 2.75) is 19.5 Å². The van der Waals surface area contributed by atoms with Crippen molar-refractivity contribution in [3.8, 4) is 0 Å². The maximum absolute atomic E-state index is 11.2. The van der Waals surface area contributed by atoms with Crippen LogP contribution in [-0.4, -0.2) is 34.3 Å². The summed E-state index contributed by atoms with van der Waals surface area (Å²) in [5, 5.41) is 24.8. The van der Waals surface area contributed by atoms with Crippen LogP contribution in [0.2, 0.25) is 10.0 Å². The molecule has 3 aromatic heterocycles. The molecule has 1 atom stereocenters. The van der Waals surface area contributed by atoms with Gasteiger partial charge in [-0.15, -0.1) is 0 Å². The van der Waals surface area contributed by atoms with Crippen molar-refractivity contribution in [1.29, 1.82) is 0 Å². The van der Waals surface area contributed by atoms with Crippen molar-refractivity contribution in [3.63, 3.8) is 0 Å². The largest absolute Gasteiger partial charge is 0.386 e. The summed E-state index contributed by atoms with van der Waals surface area (Å²) in [6, 6.07) is 12.0. The van der Waals surface area contributed by atoms with Crippen molar-refractivity contribution in [3.05, 3.63) is 109 Å². The number of fused-ring (bicyclic) bond motifs is 1. The van der Waals surface area contributed by atoms with E-state index >= 15 is 0 Å². The summed E-state index contributed by atoms with van der Waals surface area (Å²) in [6.45, 7) is 2.12. The van der Waals surface area contributed by atoms with E-state index < -0.39 is 11.0 Å². The van der Waals surface area contributed by atoms with Crippen LogP contribution in [0.25, 0.3) is 11.8 Å². The summed E-state index contributed by atoms with van der Waals surface area (Å²) >= 11 is 12.7. The third-order valence-corrected chi connectivity index (χ3v) is 6.75. The summed E-state index contributed by atoms with van der Waals surface area (Å²) in [6.07, 6.45) is 6.79. The van der Waals surface area contributed by atoms with Gasteiger partial charge in [0.1, 0.15) is 5.69 Å². The minimum Gasteiger partial charge on any atom is -0.358 e. The molecule has 1 unspecified atom stereocenters. The highest BCUT2D eigenvalue weighted by Gasteiger charge is 2.29. The molecule has 0 amide bonds. The molecule has 0 fully saturated rings. The monoisotopic (exact) mass is 537 g/mol. The van der Waals surface area contributed by atoms with Gasteiger partial charge >= 0.3 is 5.82 Å². The number of imidazole rings is 1. The zero-order chi connectivity index (χ0) is 26.3. The fourth-order valence-corrected chi connectivity index (χ4v) is 4.76. The van der Waals surface area contributed by atoms with Crippen LogP contribution < -0.4 is 5.36 Å². The van der Waals surface area contributed by atoms with Gasteiger partial charge in [-0.05, 0) is 59.3 Å². The third-order valence-electron chi connectivity index (χ3n) is 6.12. The Morgan fingerprint density at radius 1 is 1.14 bits per heavy atom. The number of aryl methyl sites for hydroxylation is 1. The Morgan fingerprint density at radius 2 is 1.84 bits per heavy atom. The van der Waals surface area contributed by atoms with Gasteiger partial charge in [-0.1, -0.05) is 29.3 Å². The zero-order valence-corrected chi connectivity index (χ0v) is 21.3. The number of nitrogens with zero attached hydrogens (tertiary/aromatic N) is 7. The highest BCUT2D eigenvalue weighted by molar-refractivity contribution is 6.37. The third kappa shape index (κ3) is 4.74. The van der Waals surface area contributed by atoms with Crippen molar-refractivity contribution in [2.75, 3.05) is 0 Å².